The molecule has 0 radical (unpaired) electrons. The average Bonchev–Trinajstić information content (AvgIpc) is 2.29. The SMILES string of the molecule is CCNCCN(C)c1cc(C)ccc1OC. The normalized spacial score (nSPS) is 10.2. The quantitative estimate of drug-likeness (QED) is 0.746. The third-order valence-corrected chi connectivity index (χ3v) is 2.62. The Kier molecular flexibility index (Phi) is 5.12. The lowest BCUT2D eigenvalue weighted by Crippen LogP contribution is -2.29. The zero-order valence-electron chi connectivity index (χ0n) is 10.7. The lowest BCUT2D eigenvalue weighted by atomic mass is 10.2. The third kappa shape index (κ3) is 3.42. The van der Waals surface area contributed by atoms with E-state index in [0.717, 1.165) is 31.1 Å². The van der Waals surface area contributed by atoms with Crippen molar-refractivity contribution in [1.82, 2.24) is 5.32 Å². The highest BCUT2D eigenvalue weighted by Gasteiger charge is 2.07. The third-order valence-electron chi connectivity index (χ3n) is 2.62. The Labute approximate surface area is 98.4 Å². The van der Waals surface area contributed by atoms with Crippen molar-refractivity contribution in [1.29, 1.82) is 0 Å². The molecule has 1 aromatic carbocycles. The van der Waals surface area contributed by atoms with E-state index in [-0.39, 0.29) is 0 Å². The number of hydrogen-bond donors (Lipinski definition) is 1. The van der Waals surface area contributed by atoms with Crippen LogP contribution in [0.3, 0.4) is 0 Å². The van der Waals surface area contributed by atoms with Gasteiger partial charge in [-0.25, -0.2) is 0 Å². The first-order valence-electron chi connectivity index (χ1n) is 5.75. The number of nitrogens with one attached hydrogen (secondary N) is 1. The van der Waals surface area contributed by atoms with Crippen LogP contribution in [0.4, 0.5) is 5.69 Å². The lowest BCUT2D eigenvalue weighted by molar-refractivity contribution is 0.414. The van der Waals surface area contributed by atoms with Gasteiger partial charge in [-0.15, -0.1) is 0 Å². The van der Waals surface area contributed by atoms with Gasteiger partial charge in [0.05, 0.1) is 12.8 Å². The highest BCUT2D eigenvalue weighted by atomic mass is 16.5. The van der Waals surface area contributed by atoms with Crippen molar-refractivity contribution in [3.63, 3.8) is 0 Å². The summed E-state index contributed by atoms with van der Waals surface area (Å²) in [6, 6.07) is 6.25. The van der Waals surface area contributed by atoms with Crippen LogP contribution in [0, 0.1) is 6.92 Å². The maximum absolute atomic E-state index is 5.37. The average molecular weight is 222 g/mol. The van der Waals surface area contributed by atoms with E-state index in [2.05, 4.69) is 43.2 Å². The van der Waals surface area contributed by atoms with Gasteiger partial charge in [0.25, 0.3) is 0 Å². The molecule has 0 bridgehead atoms. The minimum atomic E-state index is 0.935. The van der Waals surface area contributed by atoms with Gasteiger partial charge in [0, 0.05) is 20.1 Å². The second-order valence-electron chi connectivity index (χ2n) is 3.95. The molecule has 90 valence electrons. The Hall–Kier alpha value is -1.22. The second-order valence-corrected chi connectivity index (χ2v) is 3.95. The van der Waals surface area contributed by atoms with E-state index in [1.54, 1.807) is 7.11 Å². The lowest BCUT2D eigenvalue weighted by Gasteiger charge is -2.22. The van der Waals surface area contributed by atoms with Crippen LogP contribution in [0.25, 0.3) is 0 Å². The first-order valence-corrected chi connectivity index (χ1v) is 5.75. The number of nitrogens with zero attached hydrogens (tertiary/aromatic N) is 1. The van der Waals surface area contributed by atoms with Gasteiger partial charge in [0.1, 0.15) is 5.75 Å². The highest BCUT2D eigenvalue weighted by molar-refractivity contribution is 5.59. The summed E-state index contributed by atoms with van der Waals surface area (Å²) in [6.45, 7) is 7.20. The van der Waals surface area contributed by atoms with Gasteiger partial charge >= 0.3 is 0 Å². The fraction of sp³-hybridized carbons (Fsp3) is 0.538. The van der Waals surface area contributed by atoms with E-state index in [4.69, 9.17) is 4.74 Å². The number of benzene rings is 1. The Morgan fingerprint density at radius 1 is 1.38 bits per heavy atom. The summed E-state index contributed by atoms with van der Waals surface area (Å²) in [7, 11) is 3.81. The second kappa shape index (κ2) is 6.38. The van der Waals surface area contributed by atoms with E-state index in [0.29, 0.717) is 0 Å². The fourth-order valence-corrected chi connectivity index (χ4v) is 1.64. The Morgan fingerprint density at radius 3 is 2.75 bits per heavy atom. The largest absolute Gasteiger partial charge is 0.495 e. The molecule has 0 spiro atoms. The van der Waals surface area contributed by atoms with Crippen molar-refractivity contribution in [2.75, 3.05) is 38.7 Å². The van der Waals surface area contributed by atoms with Crippen LogP contribution in [0.2, 0.25) is 0 Å². The zero-order valence-corrected chi connectivity index (χ0v) is 10.7. The Balaban J connectivity index is 2.72. The molecule has 0 aliphatic rings. The van der Waals surface area contributed by atoms with Crippen molar-refractivity contribution < 1.29 is 4.74 Å². The molecule has 0 amide bonds. The molecule has 0 unspecified atom stereocenters. The zero-order chi connectivity index (χ0) is 12.0. The summed E-state index contributed by atoms with van der Waals surface area (Å²) >= 11 is 0. The van der Waals surface area contributed by atoms with Crippen molar-refractivity contribution >= 4 is 5.69 Å². The first-order chi connectivity index (χ1) is 7.69. The molecule has 0 aromatic heterocycles. The van der Waals surface area contributed by atoms with Gasteiger partial charge in [-0.3, -0.25) is 0 Å². The summed E-state index contributed by atoms with van der Waals surface area (Å²) < 4.78 is 5.37. The molecule has 3 heteroatoms. The van der Waals surface area contributed by atoms with Crippen LogP contribution in [0.1, 0.15) is 12.5 Å². The van der Waals surface area contributed by atoms with Gasteiger partial charge < -0.3 is 15.0 Å². The molecule has 0 atom stereocenters. The van der Waals surface area contributed by atoms with E-state index < -0.39 is 0 Å². The molecule has 0 aliphatic heterocycles. The molecule has 0 heterocycles. The van der Waals surface area contributed by atoms with Gasteiger partial charge in [-0.1, -0.05) is 13.0 Å². The minimum absolute atomic E-state index is 0.935. The molecule has 1 N–H and O–H groups in total. The maximum Gasteiger partial charge on any atom is 0.142 e. The predicted octanol–water partition coefficient (Wildman–Crippen LogP) is 2.05. The molecule has 16 heavy (non-hydrogen) atoms. The van der Waals surface area contributed by atoms with Crippen molar-refractivity contribution in [3.8, 4) is 5.75 Å². The van der Waals surface area contributed by atoms with Crippen molar-refractivity contribution in [2.45, 2.75) is 13.8 Å². The molecular weight excluding hydrogens is 200 g/mol. The van der Waals surface area contributed by atoms with Gasteiger partial charge in [-0.05, 0) is 31.2 Å². The molecular formula is C13H22N2O. The van der Waals surface area contributed by atoms with E-state index >= 15 is 0 Å². The monoisotopic (exact) mass is 222 g/mol. The number of rotatable bonds is 6. The van der Waals surface area contributed by atoms with Gasteiger partial charge in [-0.2, -0.15) is 0 Å². The molecule has 1 rings (SSSR count). The van der Waals surface area contributed by atoms with Crippen molar-refractivity contribution in [2.24, 2.45) is 0 Å². The van der Waals surface area contributed by atoms with Crippen LogP contribution in [-0.4, -0.2) is 33.8 Å². The van der Waals surface area contributed by atoms with Crippen molar-refractivity contribution in [3.05, 3.63) is 23.8 Å². The smallest absolute Gasteiger partial charge is 0.142 e. The number of likely N-dealkylation sites (N-methyl/N-ethyl adjacent to an activating group) is 2. The molecule has 0 fully saturated rings. The summed E-state index contributed by atoms with van der Waals surface area (Å²) in [5.74, 6) is 0.935. The van der Waals surface area contributed by atoms with Crippen LogP contribution in [-0.2, 0) is 0 Å². The predicted molar refractivity (Wildman–Crippen MR) is 69.5 cm³/mol. The topological polar surface area (TPSA) is 24.5 Å². The summed E-state index contributed by atoms with van der Waals surface area (Å²) in [6.07, 6.45) is 0. The standard InChI is InChI=1S/C13H22N2O/c1-5-14-8-9-15(3)12-10-11(2)6-7-13(12)16-4/h6-7,10,14H,5,8-9H2,1-4H3. The Bertz CT molecular complexity index is 326. The molecule has 1 aromatic rings. The van der Waals surface area contributed by atoms with Crippen LogP contribution >= 0.6 is 0 Å². The first kappa shape index (κ1) is 12.8. The number of aryl methyl sites for hydroxylation is 1. The summed E-state index contributed by atoms with van der Waals surface area (Å²) in [5, 5.41) is 3.32. The fourth-order valence-electron chi connectivity index (χ4n) is 1.64. The number of anilines is 1. The Morgan fingerprint density at radius 2 is 2.12 bits per heavy atom. The number of hydrogen-bond acceptors (Lipinski definition) is 3. The maximum atomic E-state index is 5.37. The van der Waals surface area contributed by atoms with Gasteiger partial charge in [0.15, 0.2) is 0 Å². The van der Waals surface area contributed by atoms with E-state index in [1.807, 2.05) is 6.07 Å². The number of methoxy groups -OCH3 is 1. The summed E-state index contributed by atoms with van der Waals surface area (Å²) in [4.78, 5) is 2.22. The summed E-state index contributed by atoms with van der Waals surface area (Å²) in [5.41, 5.74) is 2.41. The van der Waals surface area contributed by atoms with Crippen LogP contribution < -0.4 is 15.0 Å². The number of ether oxygens (including phenoxy) is 1. The van der Waals surface area contributed by atoms with E-state index in [1.165, 1.54) is 5.56 Å². The van der Waals surface area contributed by atoms with Crippen LogP contribution in [0.15, 0.2) is 18.2 Å². The minimum Gasteiger partial charge on any atom is -0.495 e. The molecule has 0 aliphatic carbocycles. The highest BCUT2D eigenvalue weighted by Crippen LogP contribution is 2.27. The van der Waals surface area contributed by atoms with Crippen LogP contribution in [0.5, 0.6) is 5.75 Å². The van der Waals surface area contributed by atoms with E-state index in [9.17, 15) is 0 Å². The van der Waals surface area contributed by atoms with Gasteiger partial charge in [0.2, 0.25) is 0 Å². The molecule has 3 nitrogen and oxygen atoms in total. The molecule has 0 saturated carbocycles. The molecule has 0 saturated heterocycles.